The molecule has 3 nitrogen and oxygen atoms in total. The lowest BCUT2D eigenvalue weighted by Crippen LogP contribution is -1.90. The smallest absolute Gasteiger partial charge is 0.145 e. The predicted molar refractivity (Wildman–Crippen MR) is 68.3 cm³/mol. The second-order valence-electron chi connectivity index (χ2n) is 4.02. The van der Waals surface area contributed by atoms with Gasteiger partial charge in [0.05, 0.1) is 12.2 Å². The van der Waals surface area contributed by atoms with E-state index in [4.69, 9.17) is 15.1 Å². The minimum Gasteiger partial charge on any atom is -0.456 e. The van der Waals surface area contributed by atoms with Gasteiger partial charge in [-0.2, -0.15) is 5.26 Å². The highest BCUT2D eigenvalue weighted by Gasteiger charge is 2.05. The van der Waals surface area contributed by atoms with Gasteiger partial charge in [0.25, 0.3) is 0 Å². The van der Waals surface area contributed by atoms with Crippen LogP contribution in [-0.2, 0) is 6.61 Å². The maximum absolute atomic E-state index is 9.01. The largest absolute Gasteiger partial charge is 0.456 e. The van der Waals surface area contributed by atoms with E-state index >= 15 is 0 Å². The zero-order valence-corrected chi connectivity index (χ0v) is 10.1. The first-order chi connectivity index (χ1) is 8.72. The summed E-state index contributed by atoms with van der Waals surface area (Å²) in [5.74, 6) is 1.20. The van der Waals surface area contributed by atoms with E-state index in [0.717, 1.165) is 11.1 Å². The van der Waals surface area contributed by atoms with Gasteiger partial charge in [-0.15, -0.1) is 0 Å². The molecule has 0 saturated carbocycles. The van der Waals surface area contributed by atoms with E-state index in [1.165, 1.54) is 0 Å². The normalized spacial score (nSPS) is 9.83. The van der Waals surface area contributed by atoms with Gasteiger partial charge in [0, 0.05) is 0 Å². The van der Waals surface area contributed by atoms with Crippen LogP contribution in [0.5, 0.6) is 11.5 Å². The van der Waals surface area contributed by atoms with Crippen LogP contribution in [0.15, 0.2) is 42.5 Å². The predicted octanol–water partition coefficient (Wildman–Crippen LogP) is 3.15. The molecule has 0 fully saturated rings. The Morgan fingerprint density at radius 1 is 1.17 bits per heavy atom. The van der Waals surface area contributed by atoms with Crippen molar-refractivity contribution in [2.75, 3.05) is 0 Å². The minimum atomic E-state index is 0.00811. The van der Waals surface area contributed by atoms with E-state index < -0.39 is 0 Å². The molecule has 90 valence electrons. The van der Waals surface area contributed by atoms with Crippen molar-refractivity contribution in [2.24, 2.45) is 0 Å². The Kier molecular flexibility index (Phi) is 3.61. The molecule has 0 radical (unpaired) electrons. The highest BCUT2D eigenvalue weighted by molar-refractivity contribution is 5.47. The lowest BCUT2D eigenvalue weighted by molar-refractivity contribution is 0.281. The minimum absolute atomic E-state index is 0.00811. The zero-order chi connectivity index (χ0) is 13.0. The van der Waals surface area contributed by atoms with Crippen molar-refractivity contribution >= 4 is 0 Å². The highest BCUT2D eigenvalue weighted by Crippen LogP contribution is 2.26. The molecule has 1 N–H and O–H groups in total. The van der Waals surface area contributed by atoms with Crippen LogP contribution in [-0.4, -0.2) is 5.11 Å². The number of aliphatic hydroxyl groups excluding tert-OH is 1. The van der Waals surface area contributed by atoms with Gasteiger partial charge in [0.1, 0.15) is 17.6 Å². The SMILES string of the molecule is Cc1ccc(C#N)c(Oc2ccc(CO)cc2)c1. The monoisotopic (exact) mass is 239 g/mol. The van der Waals surface area contributed by atoms with Gasteiger partial charge in [0.2, 0.25) is 0 Å². The molecule has 0 spiro atoms. The summed E-state index contributed by atoms with van der Waals surface area (Å²) in [5.41, 5.74) is 2.37. The summed E-state index contributed by atoms with van der Waals surface area (Å²) in [6, 6.07) is 14.7. The van der Waals surface area contributed by atoms with Crippen molar-refractivity contribution in [1.29, 1.82) is 5.26 Å². The molecule has 0 aromatic heterocycles. The Labute approximate surface area is 106 Å². The van der Waals surface area contributed by atoms with Crippen LogP contribution >= 0.6 is 0 Å². The van der Waals surface area contributed by atoms with Crippen molar-refractivity contribution in [2.45, 2.75) is 13.5 Å². The van der Waals surface area contributed by atoms with E-state index in [0.29, 0.717) is 17.1 Å². The molecule has 3 heteroatoms. The molecule has 2 aromatic rings. The molecule has 2 aromatic carbocycles. The zero-order valence-electron chi connectivity index (χ0n) is 10.1. The van der Waals surface area contributed by atoms with Gasteiger partial charge in [-0.05, 0) is 42.3 Å². The number of benzene rings is 2. The van der Waals surface area contributed by atoms with Gasteiger partial charge in [0.15, 0.2) is 0 Å². The summed E-state index contributed by atoms with van der Waals surface area (Å²) in [6.07, 6.45) is 0. The molecule has 0 aliphatic heterocycles. The van der Waals surface area contributed by atoms with Crippen molar-refractivity contribution in [1.82, 2.24) is 0 Å². The van der Waals surface area contributed by atoms with Crippen molar-refractivity contribution in [3.63, 3.8) is 0 Å². The van der Waals surface area contributed by atoms with Crippen LogP contribution in [0, 0.1) is 18.3 Å². The quantitative estimate of drug-likeness (QED) is 0.895. The lowest BCUT2D eigenvalue weighted by Gasteiger charge is -2.08. The van der Waals surface area contributed by atoms with Crippen LogP contribution in [0.1, 0.15) is 16.7 Å². The van der Waals surface area contributed by atoms with E-state index in [9.17, 15) is 0 Å². The van der Waals surface area contributed by atoms with Crippen LogP contribution in [0.2, 0.25) is 0 Å². The number of aryl methyl sites for hydroxylation is 1. The van der Waals surface area contributed by atoms with Gasteiger partial charge in [-0.3, -0.25) is 0 Å². The van der Waals surface area contributed by atoms with Crippen LogP contribution in [0.4, 0.5) is 0 Å². The van der Waals surface area contributed by atoms with Crippen molar-refractivity contribution < 1.29 is 9.84 Å². The molecule has 0 aliphatic rings. The maximum atomic E-state index is 9.01. The summed E-state index contributed by atoms with van der Waals surface area (Å²) in [7, 11) is 0. The Morgan fingerprint density at radius 2 is 1.89 bits per heavy atom. The summed E-state index contributed by atoms with van der Waals surface area (Å²) < 4.78 is 5.68. The van der Waals surface area contributed by atoms with Crippen LogP contribution in [0.25, 0.3) is 0 Å². The van der Waals surface area contributed by atoms with Crippen LogP contribution < -0.4 is 4.74 Å². The number of nitrogens with zero attached hydrogens (tertiary/aromatic N) is 1. The number of rotatable bonds is 3. The first-order valence-corrected chi connectivity index (χ1v) is 5.61. The lowest BCUT2D eigenvalue weighted by atomic mass is 10.1. The summed E-state index contributed by atoms with van der Waals surface area (Å²) >= 11 is 0. The van der Waals surface area contributed by atoms with E-state index in [1.54, 1.807) is 30.3 Å². The summed E-state index contributed by atoms with van der Waals surface area (Å²) in [6.45, 7) is 1.96. The van der Waals surface area contributed by atoms with E-state index in [1.807, 2.05) is 19.1 Å². The Balaban J connectivity index is 2.27. The number of nitriles is 1. The Bertz CT molecular complexity index is 582. The third-order valence-electron chi connectivity index (χ3n) is 2.59. The van der Waals surface area contributed by atoms with Gasteiger partial charge < -0.3 is 9.84 Å². The third-order valence-corrected chi connectivity index (χ3v) is 2.59. The standard InChI is InChI=1S/C15H13NO2/c1-11-2-5-13(9-16)15(8-11)18-14-6-3-12(10-17)4-7-14/h2-8,17H,10H2,1H3. The maximum Gasteiger partial charge on any atom is 0.145 e. The highest BCUT2D eigenvalue weighted by atomic mass is 16.5. The average molecular weight is 239 g/mol. The average Bonchev–Trinajstić information content (AvgIpc) is 2.40. The molecule has 0 bridgehead atoms. The van der Waals surface area contributed by atoms with Crippen molar-refractivity contribution in [3.05, 3.63) is 59.2 Å². The fraction of sp³-hybridized carbons (Fsp3) is 0.133. The molecule has 0 amide bonds. The molecule has 0 atom stereocenters. The molecule has 18 heavy (non-hydrogen) atoms. The van der Waals surface area contributed by atoms with E-state index in [2.05, 4.69) is 6.07 Å². The number of aliphatic hydroxyl groups is 1. The molecular weight excluding hydrogens is 226 g/mol. The van der Waals surface area contributed by atoms with Crippen molar-refractivity contribution in [3.8, 4) is 17.6 Å². The second-order valence-corrected chi connectivity index (χ2v) is 4.02. The molecule has 0 saturated heterocycles. The molecule has 2 rings (SSSR count). The van der Waals surface area contributed by atoms with Crippen LogP contribution in [0.3, 0.4) is 0 Å². The molecule has 0 aliphatic carbocycles. The van der Waals surface area contributed by atoms with E-state index in [-0.39, 0.29) is 6.61 Å². The fourth-order valence-electron chi connectivity index (χ4n) is 1.60. The fourth-order valence-corrected chi connectivity index (χ4v) is 1.60. The first kappa shape index (κ1) is 12.2. The Hall–Kier alpha value is -2.31. The van der Waals surface area contributed by atoms with Gasteiger partial charge in [-0.1, -0.05) is 18.2 Å². The topological polar surface area (TPSA) is 53.2 Å². The third kappa shape index (κ3) is 2.68. The van der Waals surface area contributed by atoms with Gasteiger partial charge >= 0.3 is 0 Å². The number of ether oxygens (including phenoxy) is 1. The Morgan fingerprint density at radius 3 is 2.50 bits per heavy atom. The summed E-state index contributed by atoms with van der Waals surface area (Å²) in [4.78, 5) is 0. The van der Waals surface area contributed by atoms with Gasteiger partial charge in [-0.25, -0.2) is 0 Å². The summed E-state index contributed by atoms with van der Waals surface area (Å²) in [5, 5.41) is 18.0. The second kappa shape index (κ2) is 5.35. The first-order valence-electron chi connectivity index (χ1n) is 5.61. The molecular formula is C15H13NO2. The number of hydrogen-bond donors (Lipinski definition) is 1. The number of hydrogen-bond acceptors (Lipinski definition) is 3. The molecule has 0 unspecified atom stereocenters. The molecule has 0 heterocycles.